The van der Waals surface area contributed by atoms with Gasteiger partial charge in [-0.15, -0.1) is 0 Å². The lowest BCUT2D eigenvalue weighted by Crippen LogP contribution is -2.04. The van der Waals surface area contributed by atoms with Gasteiger partial charge in [-0.25, -0.2) is 29.5 Å². The molecule has 9 rings (SSSR count). The first-order valence-electron chi connectivity index (χ1n) is 20.0. The van der Waals surface area contributed by atoms with E-state index in [1.165, 1.54) is 0 Å². The Bertz CT molecular complexity index is 3010. The van der Waals surface area contributed by atoms with E-state index in [9.17, 15) is 9.59 Å². The minimum Gasteiger partial charge on any atom is -0.462 e. The van der Waals surface area contributed by atoms with Crippen molar-refractivity contribution in [2.75, 3.05) is 13.2 Å². The number of ether oxygens (including phenoxy) is 2. The van der Waals surface area contributed by atoms with Gasteiger partial charge in [-0.1, -0.05) is 48.2 Å². The Balaban J connectivity index is 1.37. The van der Waals surface area contributed by atoms with Crippen molar-refractivity contribution >= 4 is 58.3 Å². The largest absolute Gasteiger partial charge is 0.462 e. The molecule has 10 heteroatoms. The fourth-order valence-corrected chi connectivity index (χ4v) is 7.18. The second-order valence-corrected chi connectivity index (χ2v) is 14.0. The van der Waals surface area contributed by atoms with E-state index in [0.29, 0.717) is 56.4 Å². The van der Waals surface area contributed by atoms with Crippen molar-refractivity contribution in [1.82, 2.24) is 29.9 Å². The Morgan fingerprint density at radius 3 is 1.27 bits per heavy atom. The average molecular weight is 809 g/mol. The van der Waals surface area contributed by atoms with Crippen molar-refractivity contribution in [3.05, 3.63) is 178 Å². The molecule has 0 unspecified atom stereocenters. The third kappa shape index (κ3) is 8.04. The van der Waals surface area contributed by atoms with Crippen LogP contribution in [0.15, 0.2) is 122 Å². The van der Waals surface area contributed by atoms with Gasteiger partial charge in [-0.2, -0.15) is 0 Å². The molecule has 5 aromatic heterocycles. The van der Waals surface area contributed by atoms with Gasteiger partial charge in [-0.3, -0.25) is 0 Å². The maximum absolute atomic E-state index is 12.6. The number of nitrogens with one attached hydrogen (secondary N) is 2. The first-order chi connectivity index (χ1) is 30.4. The van der Waals surface area contributed by atoms with E-state index in [1.54, 1.807) is 50.5 Å². The molecule has 2 aliphatic heterocycles. The van der Waals surface area contributed by atoms with Crippen LogP contribution in [-0.4, -0.2) is 55.1 Å². The molecule has 0 aliphatic carbocycles. The Hall–Kier alpha value is -8.60. The summed E-state index contributed by atoms with van der Waals surface area (Å²) in [5.74, 6) is 12.4. The molecule has 62 heavy (non-hydrogen) atoms. The van der Waals surface area contributed by atoms with Crippen molar-refractivity contribution in [3.63, 3.8) is 0 Å². The van der Waals surface area contributed by atoms with Crippen molar-refractivity contribution in [2.24, 2.45) is 0 Å². The minimum atomic E-state index is -0.393. The van der Waals surface area contributed by atoms with Gasteiger partial charge in [0.05, 0.1) is 69.3 Å². The second kappa shape index (κ2) is 17.3. The number of hydrogen-bond donors (Lipinski definition) is 2. The summed E-state index contributed by atoms with van der Waals surface area (Å²) >= 11 is 0. The summed E-state index contributed by atoms with van der Waals surface area (Å²) in [6, 6.07) is 33.8. The molecule has 10 nitrogen and oxygen atoms in total. The number of benzene rings is 2. The Labute approximate surface area is 357 Å². The number of H-pyrrole nitrogens is 2. The normalized spacial score (nSPS) is 11.3. The van der Waals surface area contributed by atoms with Crippen LogP contribution in [0, 0.1) is 23.7 Å². The van der Waals surface area contributed by atoms with Crippen LogP contribution in [-0.2, 0) is 9.47 Å². The predicted octanol–water partition coefficient (Wildman–Crippen LogP) is 9.93. The van der Waals surface area contributed by atoms with Gasteiger partial charge in [0.1, 0.15) is 11.4 Å². The zero-order chi connectivity index (χ0) is 42.4. The van der Waals surface area contributed by atoms with E-state index >= 15 is 0 Å². The van der Waals surface area contributed by atoms with E-state index in [4.69, 9.17) is 19.4 Å². The lowest BCUT2D eigenvalue weighted by Gasteiger charge is -2.07. The molecule has 7 aromatic rings. The molecule has 7 heterocycles. The lowest BCUT2D eigenvalue weighted by molar-refractivity contribution is 0.0517. The van der Waals surface area contributed by atoms with Crippen LogP contribution in [0.1, 0.15) is 79.9 Å². The highest BCUT2D eigenvalue weighted by Gasteiger charge is 2.18. The van der Waals surface area contributed by atoms with E-state index in [2.05, 4.69) is 43.6 Å². The molecule has 0 spiro atoms. The zero-order valence-electron chi connectivity index (χ0n) is 33.7. The summed E-state index contributed by atoms with van der Waals surface area (Å²) in [6.07, 6.45) is 11.3. The molecule has 0 saturated heterocycles. The Kier molecular flexibility index (Phi) is 10.9. The SMILES string of the molecule is CCOC(=O)c1ccc(-c2c3nc(c(C#Cc4ccccn4)c4ccc([nH]4)c(-c4ccc(C(=O)OCC)cc4)c4nc(c(C#Cc5ccccn5)c5ccc2[nH]5)C=C4)C=C3)cc1. The molecular weight excluding hydrogens is 773 g/mol. The summed E-state index contributed by atoms with van der Waals surface area (Å²) in [7, 11) is 0. The monoisotopic (exact) mass is 808 g/mol. The van der Waals surface area contributed by atoms with Crippen LogP contribution >= 0.6 is 0 Å². The number of carbonyl (C=O) groups excluding carboxylic acids is 2. The molecule has 0 fully saturated rings. The number of rotatable bonds is 6. The summed E-state index contributed by atoms with van der Waals surface area (Å²) < 4.78 is 10.5. The topological polar surface area (TPSA) is 136 Å². The van der Waals surface area contributed by atoms with Gasteiger partial charge in [0, 0.05) is 34.6 Å². The number of fused-ring (bicyclic) bond motifs is 8. The standard InChI is InChI=1S/C52H36N6O4/c1-3-61-51(59)35-15-11-33(12-16-35)49-45-27-23-41(55-45)39(21-19-37-9-5-7-31-53-37)43-25-29-47(57-43)50(34-13-17-36(18-14-34)52(60)62-4-2)48-30-26-44(58-48)40(42-24-28-46(49)56-42)22-20-38-10-6-8-32-54-38/h5-18,23-32,55,58H,3-4H2,1-2H3. The van der Waals surface area contributed by atoms with Crippen LogP contribution < -0.4 is 0 Å². The van der Waals surface area contributed by atoms with Gasteiger partial charge in [0.2, 0.25) is 0 Å². The second-order valence-electron chi connectivity index (χ2n) is 14.0. The Morgan fingerprint density at radius 2 is 0.887 bits per heavy atom. The Morgan fingerprint density at radius 1 is 0.484 bits per heavy atom. The fraction of sp³-hybridized carbons (Fsp3) is 0.0769. The van der Waals surface area contributed by atoms with Crippen LogP contribution in [0.3, 0.4) is 0 Å². The fourth-order valence-electron chi connectivity index (χ4n) is 7.18. The van der Waals surface area contributed by atoms with Crippen molar-refractivity contribution in [2.45, 2.75) is 13.8 Å². The molecule has 0 saturated carbocycles. The molecule has 2 N–H and O–H groups in total. The predicted molar refractivity (Wildman–Crippen MR) is 242 cm³/mol. The van der Waals surface area contributed by atoms with Crippen LogP contribution in [0.5, 0.6) is 0 Å². The number of aromatic nitrogens is 6. The average Bonchev–Trinajstić information content (AvgIpc) is 4.16. The number of carbonyl (C=O) groups is 2. The highest BCUT2D eigenvalue weighted by atomic mass is 16.5. The van der Waals surface area contributed by atoms with E-state index < -0.39 is 11.9 Å². The van der Waals surface area contributed by atoms with Gasteiger partial charge >= 0.3 is 11.9 Å². The zero-order valence-corrected chi connectivity index (χ0v) is 33.7. The quantitative estimate of drug-likeness (QED) is 0.125. The molecule has 2 aliphatic rings. The smallest absolute Gasteiger partial charge is 0.338 e. The summed E-state index contributed by atoms with van der Waals surface area (Å²) in [5.41, 5.74) is 12.3. The number of aromatic amines is 2. The molecule has 298 valence electrons. The van der Waals surface area contributed by atoms with Crippen LogP contribution in [0.2, 0.25) is 0 Å². The first kappa shape index (κ1) is 38.9. The van der Waals surface area contributed by atoms with Gasteiger partial charge in [-0.05, 0) is 134 Å². The summed E-state index contributed by atoms with van der Waals surface area (Å²) in [4.78, 5) is 52.0. The number of nitrogens with zero attached hydrogens (tertiary/aromatic N) is 4. The van der Waals surface area contributed by atoms with Crippen molar-refractivity contribution < 1.29 is 19.1 Å². The first-order valence-corrected chi connectivity index (χ1v) is 20.0. The summed E-state index contributed by atoms with van der Waals surface area (Å²) in [6.45, 7) is 4.12. The number of hydrogen-bond acceptors (Lipinski definition) is 8. The van der Waals surface area contributed by atoms with Crippen molar-refractivity contribution in [1.29, 1.82) is 0 Å². The van der Waals surface area contributed by atoms with E-state index in [0.717, 1.165) is 44.3 Å². The highest BCUT2D eigenvalue weighted by molar-refractivity contribution is 5.97. The maximum Gasteiger partial charge on any atom is 0.338 e. The third-order valence-corrected chi connectivity index (χ3v) is 10.1. The van der Waals surface area contributed by atoms with E-state index in [-0.39, 0.29) is 13.2 Å². The molecule has 8 bridgehead atoms. The summed E-state index contributed by atoms with van der Waals surface area (Å²) in [5, 5.41) is 0. The van der Waals surface area contributed by atoms with E-state index in [1.807, 2.05) is 109 Å². The third-order valence-electron chi connectivity index (χ3n) is 10.1. The molecule has 0 amide bonds. The lowest BCUT2D eigenvalue weighted by atomic mass is 10.0. The van der Waals surface area contributed by atoms with Crippen LogP contribution in [0.25, 0.3) is 68.6 Å². The molecule has 2 aromatic carbocycles. The minimum absolute atomic E-state index is 0.277. The van der Waals surface area contributed by atoms with Crippen LogP contribution in [0.4, 0.5) is 0 Å². The molecule has 0 radical (unpaired) electrons. The number of pyridine rings is 2. The van der Waals surface area contributed by atoms with Gasteiger partial charge in [0.15, 0.2) is 0 Å². The van der Waals surface area contributed by atoms with Gasteiger partial charge in [0.25, 0.3) is 0 Å². The van der Waals surface area contributed by atoms with Crippen molar-refractivity contribution in [3.8, 4) is 45.9 Å². The molecule has 0 atom stereocenters. The van der Waals surface area contributed by atoms with Gasteiger partial charge < -0.3 is 19.4 Å². The number of esters is 2. The molecular formula is C52H36N6O4. The highest BCUT2D eigenvalue weighted by Crippen LogP contribution is 2.34. The maximum atomic E-state index is 12.6.